The first-order chi connectivity index (χ1) is 36.6. The summed E-state index contributed by atoms with van der Waals surface area (Å²) in [7, 11) is 0. The molecule has 0 bridgehead atoms. The minimum absolute atomic E-state index is 0.359. The number of benzene rings is 11. The Bertz CT molecular complexity index is 4480. The van der Waals surface area contributed by atoms with Gasteiger partial charge in [0.25, 0.3) is 0 Å². The number of halogens is 2. The molecule has 15 aromatic rings. The largest absolute Gasteiger partial charge is 0.309 e. The standard InChI is InChI=1S/C68H44F2N4/c1-2-44-65(73-57-33-17-11-27-47(57)49-37-39-61-63(67(49)73)51-29-13-19-35-59(51)71(61)42-21-5-3-6-22-42)53(45-25-9-15-31-55(45)69)41-54(46-26-10-16-32-56(46)70)66(44)74-58-34-18-12-28-48(58)50-38-40-62-64(68(50)74)52-30-14-20-36-60(52)72(62)43-23-7-4-8-24-43/h3-41H,2H2,1H3. The van der Waals surface area contributed by atoms with Crippen LogP contribution in [0.15, 0.2) is 237 Å². The van der Waals surface area contributed by atoms with Crippen LogP contribution in [0.4, 0.5) is 8.78 Å². The van der Waals surface area contributed by atoms with Gasteiger partial charge in [-0.1, -0.05) is 165 Å². The minimum Gasteiger partial charge on any atom is -0.309 e. The van der Waals surface area contributed by atoms with Crippen molar-refractivity contribution in [3.05, 3.63) is 254 Å². The van der Waals surface area contributed by atoms with E-state index in [9.17, 15) is 0 Å². The molecule has 74 heavy (non-hydrogen) atoms. The van der Waals surface area contributed by atoms with E-state index in [1.807, 2.05) is 24.3 Å². The second-order valence-corrected chi connectivity index (χ2v) is 19.3. The number of rotatable bonds is 7. The highest BCUT2D eigenvalue weighted by Gasteiger charge is 2.31. The molecule has 0 saturated heterocycles. The summed E-state index contributed by atoms with van der Waals surface area (Å²) in [5.74, 6) is -0.719. The number of nitrogens with zero attached hydrogens (tertiary/aromatic N) is 4. The van der Waals surface area contributed by atoms with E-state index in [0.717, 1.165) is 116 Å². The van der Waals surface area contributed by atoms with Crippen LogP contribution in [0.2, 0.25) is 0 Å². The molecule has 350 valence electrons. The van der Waals surface area contributed by atoms with Gasteiger partial charge in [-0.05, 0) is 85.3 Å². The third-order valence-corrected chi connectivity index (χ3v) is 15.5. The summed E-state index contributed by atoms with van der Waals surface area (Å²) < 4.78 is 43.9. The molecule has 0 aliphatic rings. The first kappa shape index (κ1) is 42.2. The lowest BCUT2D eigenvalue weighted by molar-refractivity contribution is 0.631. The van der Waals surface area contributed by atoms with Gasteiger partial charge in [0.2, 0.25) is 0 Å². The number of hydrogen-bond acceptors (Lipinski definition) is 0. The molecule has 0 N–H and O–H groups in total. The molecule has 15 rings (SSSR count). The lowest BCUT2D eigenvalue weighted by Gasteiger charge is -2.26. The van der Waals surface area contributed by atoms with Crippen LogP contribution >= 0.6 is 0 Å². The van der Waals surface area contributed by atoms with Gasteiger partial charge >= 0.3 is 0 Å². The molecule has 4 aromatic heterocycles. The molecule has 6 heteroatoms. The number of fused-ring (bicyclic) bond motifs is 14. The Morgan fingerprint density at radius 3 is 1.05 bits per heavy atom. The third-order valence-electron chi connectivity index (χ3n) is 15.5. The van der Waals surface area contributed by atoms with E-state index in [-0.39, 0.29) is 11.6 Å². The Morgan fingerprint density at radius 1 is 0.297 bits per heavy atom. The highest BCUT2D eigenvalue weighted by atomic mass is 19.1. The van der Waals surface area contributed by atoms with Crippen molar-refractivity contribution in [2.24, 2.45) is 0 Å². The first-order valence-corrected chi connectivity index (χ1v) is 25.3. The van der Waals surface area contributed by atoms with Crippen LogP contribution in [0.25, 0.3) is 132 Å². The second kappa shape index (κ2) is 16.3. The van der Waals surface area contributed by atoms with Crippen molar-refractivity contribution in [3.63, 3.8) is 0 Å². The zero-order valence-electron chi connectivity index (χ0n) is 40.3. The molecular weight excluding hydrogens is 911 g/mol. The molecule has 4 heterocycles. The second-order valence-electron chi connectivity index (χ2n) is 19.3. The lowest BCUT2D eigenvalue weighted by Crippen LogP contribution is -2.11. The topological polar surface area (TPSA) is 19.7 Å². The Balaban J connectivity index is 1.20. The summed E-state index contributed by atoms with van der Waals surface area (Å²) >= 11 is 0. The highest BCUT2D eigenvalue weighted by molar-refractivity contribution is 6.28. The Morgan fingerprint density at radius 2 is 0.649 bits per heavy atom. The summed E-state index contributed by atoms with van der Waals surface area (Å²) in [5.41, 5.74) is 15.2. The van der Waals surface area contributed by atoms with Crippen molar-refractivity contribution in [3.8, 4) is 45.0 Å². The van der Waals surface area contributed by atoms with Crippen molar-refractivity contribution in [1.82, 2.24) is 18.3 Å². The van der Waals surface area contributed by atoms with Gasteiger partial charge in [-0.2, -0.15) is 0 Å². The molecule has 0 saturated carbocycles. The maximum atomic E-state index is 17.2. The van der Waals surface area contributed by atoms with E-state index >= 15 is 8.78 Å². The minimum atomic E-state index is -0.359. The quantitative estimate of drug-likeness (QED) is 0.152. The summed E-state index contributed by atoms with van der Waals surface area (Å²) in [4.78, 5) is 0. The molecule has 0 aliphatic carbocycles. The molecular formula is C68H44F2N4. The van der Waals surface area contributed by atoms with Crippen molar-refractivity contribution in [1.29, 1.82) is 0 Å². The fourth-order valence-electron chi connectivity index (χ4n) is 12.5. The lowest BCUT2D eigenvalue weighted by atomic mass is 9.89. The monoisotopic (exact) mass is 954 g/mol. The van der Waals surface area contributed by atoms with E-state index in [1.54, 1.807) is 12.1 Å². The van der Waals surface area contributed by atoms with Crippen molar-refractivity contribution >= 4 is 87.2 Å². The zero-order valence-corrected chi connectivity index (χ0v) is 40.3. The van der Waals surface area contributed by atoms with Crippen molar-refractivity contribution in [2.45, 2.75) is 13.3 Å². The Labute approximate surface area is 424 Å². The molecule has 0 unspecified atom stereocenters. The fraction of sp³-hybridized carbons (Fsp3) is 0.0294. The molecule has 0 aliphatic heterocycles. The van der Waals surface area contributed by atoms with Gasteiger partial charge in [0.05, 0.1) is 55.5 Å². The van der Waals surface area contributed by atoms with Crippen LogP contribution in [0.3, 0.4) is 0 Å². The third kappa shape index (κ3) is 5.88. The number of aromatic nitrogens is 4. The molecule has 4 nitrogen and oxygen atoms in total. The molecule has 0 atom stereocenters. The highest BCUT2D eigenvalue weighted by Crippen LogP contribution is 2.50. The van der Waals surface area contributed by atoms with Crippen molar-refractivity contribution < 1.29 is 8.78 Å². The summed E-state index contributed by atoms with van der Waals surface area (Å²) in [5, 5.41) is 8.71. The van der Waals surface area contributed by atoms with Crippen LogP contribution in [0.5, 0.6) is 0 Å². The maximum Gasteiger partial charge on any atom is 0.131 e. The van der Waals surface area contributed by atoms with Gasteiger partial charge < -0.3 is 18.3 Å². The average Bonchev–Trinajstić information content (AvgIpc) is 4.20. The Hall–Kier alpha value is -9.52. The molecule has 11 aromatic carbocycles. The van der Waals surface area contributed by atoms with E-state index in [2.05, 4.69) is 213 Å². The van der Waals surface area contributed by atoms with Gasteiger partial charge in [-0.3, -0.25) is 0 Å². The summed E-state index contributed by atoms with van der Waals surface area (Å²) in [6, 6.07) is 80.7. The van der Waals surface area contributed by atoms with Crippen LogP contribution in [-0.2, 0) is 6.42 Å². The van der Waals surface area contributed by atoms with Crippen LogP contribution < -0.4 is 0 Å². The first-order valence-electron chi connectivity index (χ1n) is 25.3. The Kier molecular flexibility index (Phi) is 9.27. The van der Waals surface area contributed by atoms with Crippen LogP contribution in [0, 0.1) is 11.6 Å². The SMILES string of the molecule is CCc1c(-n2c3ccccc3c3ccc4c(c5ccccc5n4-c4ccccc4)c32)c(-c2ccccc2F)cc(-c2ccccc2F)c1-n1c2ccccc2c2ccc3c(c4ccccc4n3-c3ccccc3)c21. The van der Waals surface area contributed by atoms with Gasteiger partial charge in [-0.25, -0.2) is 8.78 Å². The van der Waals surface area contributed by atoms with Gasteiger partial charge in [0.15, 0.2) is 0 Å². The average molecular weight is 955 g/mol. The van der Waals surface area contributed by atoms with Crippen molar-refractivity contribution in [2.75, 3.05) is 0 Å². The van der Waals surface area contributed by atoms with Gasteiger partial charge in [0, 0.05) is 82.3 Å². The van der Waals surface area contributed by atoms with E-state index in [4.69, 9.17) is 0 Å². The van der Waals surface area contributed by atoms with E-state index in [1.165, 1.54) is 12.1 Å². The summed E-state index contributed by atoms with van der Waals surface area (Å²) in [6.45, 7) is 2.19. The molecule has 0 fully saturated rings. The van der Waals surface area contributed by atoms with E-state index in [0.29, 0.717) is 28.7 Å². The number of para-hydroxylation sites is 6. The zero-order chi connectivity index (χ0) is 49.2. The predicted molar refractivity (Wildman–Crippen MR) is 304 cm³/mol. The van der Waals surface area contributed by atoms with E-state index < -0.39 is 0 Å². The smallest absolute Gasteiger partial charge is 0.131 e. The van der Waals surface area contributed by atoms with Crippen LogP contribution in [0.1, 0.15) is 12.5 Å². The number of hydrogen-bond donors (Lipinski definition) is 0. The molecule has 0 spiro atoms. The maximum absolute atomic E-state index is 17.2. The predicted octanol–water partition coefficient (Wildman–Crippen LogP) is 18.2. The van der Waals surface area contributed by atoms with Gasteiger partial charge in [-0.15, -0.1) is 0 Å². The molecule has 0 amide bonds. The normalized spacial score (nSPS) is 12.0. The molecule has 0 radical (unpaired) electrons. The van der Waals surface area contributed by atoms with Gasteiger partial charge in [0.1, 0.15) is 11.6 Å². The van der Waals surface area contributed by atoms with Crippen LogP contribution in [-0.4, -0.2) is 18.3 Å². The summed E-state index contributed by atoms with van der Waals surface area (Å²) in [6.07, 6.45) is 0.514. The fourth-order valence-corrected chi connectivity index (χ4v) is 12.5.